The largest absolute Gasteiger partial charge is 0.466 e. The fourth-order valence-electron chi connectivity index (χ4n) is 0.174. The second-order valence-electron chi connectivity index (χ2n) is 1.79. The van der Waals surface area contributed by atoms with Crippen LogP contribution in [0.15, 0.2) is 22.7 Å². The molecular weight excluding hydrogens is 225 g/mol. The molecule has 0 aliphatic heterocycles. The number of hydrogen-bond donors (Lipinski definition) is 0. The van der Waals surface area contributed by atoms with Gasteiger partial charge in [0.05, 0.1) is 7.11 Å². The first-order valence-electron chi connectivity index (χ1n) is 2.93. The molecule has 0 bridgehead atoms. The van der Waals surface area contributed by atoms with Crippen LogP contribution in [-0.2, 0) is 9.53 Å². The van der Waals surface area contributed by atoms with E-state index in [1.807, 2.05) is 0 Å². The van der Waals surface area contributed by atoms with E-state index in [0.29, 0.717) is 5.57 Å². The van der Waals surface area contributed by atoms with Crippen LogP contribution >= 0.6 is 23.2 Å². The van der Waals surface area contributed by atoms with E-state index >= 15 is 0 Å². The SMILES string of the molecule is C=C(C)C(=O)OC.FC(F)=C(Cl)Cl. The van der Waals surface area contributed by atoms with E-state index in [0.717, 1.165) is 0 Å². The first kappa shape index (κ1) is 14.9. The lowest BCUT2D eigenvalue weighted by atomic mass is 10.4. The third-order valence-electron chi connectivity index (χ3n) is 0.677. The zero-order valence-corrected chi connectivity index (χ0v) is 8.55. The van der Waals surface area contributed by atoms with Gasteiger partial charge in [0.25, 0.3) is 6.08 Å². The van der Waals surface area contributed by atoms with Crippen LogP contribution < -0.4 is 0 Å². The van der Waals surface area contributed by atoms with Crippen LogP contribution in [0.4, 0.5) is 8.78 Å². The number of rotatable bonds is 1. The van der Waals surface area contributed by atoms with Gasteiger partial charge in [-0.3, -0.25) is 0 Å². The molecule has 0 saturated heterocycles. The Balaban J connectivity index is 0. The van der Waals surface area contributed by atoms with Gasteiger partial charge in [-0.05, 0) is 6.92 Å². The molecule has 76 valence electrons. The minimum absolute atomic E-state index is 0.347. The number of ether oxygens (including phenoxy) is 1. The summed E-state index contributed by atoms with van der Waals surface area (Å²) in [6, 6.07) is 0. The highest BCUT2D eigenvalue weighted by Crippen LogP contribution is 2.14. The maximum atomic E-state index is 10.8. The molecule has 0 aromatic heterocycles. The van der Waals surface area contributed by atoms with Crippen LogP contribution in [0.3, 0.4) is 0 Å². The zero-order valence-electron chi connectivity index (χ0n) is 7.04. The summed E-state index contributed by atoms with van der Waals surface area (Å²) in [7, 11) is 1.33. The molecule has 0 aromatic carbocycles. The molecule has 0 aromatic rings. The van der Waals surface area contributed by atoms with Crippen LogP contribution in [0, 0.1) is 0 Å². The highest BCUT2D eigenvalue weighted by molar-refractivity contribution is 6.56. The Morgan fingerprint density at radius 3 is 1.69 bits per heavy atom. The summed E-state index contributed by atoms with van der Waals surface area (Å²) in [6.07, 6.45) is -2.04. The van der Waals surface area contributed by atoms with E-state index < -0.39 is 10.6 Å². The first-order valence-corrected chi connectivity index (χ1v) is 3.68. The Morgan fingerprint density at radius 2 is 1.69 bits per heavy atom. The number of esters is 1. The van der Waals surface area contributed by atoms with Crippen LogP contribution in [-0.4, -0.2) is 13.1 Å². The Kier molecular flexibility index (Phi) is 9.17. The molecule has 6 heteroatoms. The van der Waals surface area contributed by atoms with Crippen molar-refractivity contribution in [2.45, 2.75) is 6.92 Å². The van der Waals surface area contributed by atoms with Gasteiger partial charge in [0, 0.05) is 5.57 Å². The molecule has 0 unspecified atom stereocenters. The topological polar surface area (TPSA) is 26.3 Å². The Labute approximate surface area is 84.8 Å². The fourth-order valence-corrected chi connectivity index (χ4v) is 0.174. The highest BCUT2D eigenvalue weighted by atomic mass is 35.5. The number of carbonyl (C=O) groups is 1. The normalized spacial score (nSPS) is 7.85. The minimum Gasteiger partial charge on any atom is -0.466 e. The molecule has 0 amide bonds. The van der Waals surface area contributed by atoms with Crippen molar-refractivity contribution in [3.05, 3.63) is 22.7 Å². The predicted octanol–water partition coefficient (Wildman–Crippen LogP) is 3.27. The zero-order chi connectivity index (χ0) is 11.0. The average molecular weight is 233 g/mol. The molecule has 13 heavy (non-hydrogen) atoms. The number of carbonyl (C=O) groups excluding carboxylic acids is 1. The third-order valence-corrected chi connectivity index (χ3v) is 0.962. The van der Waals surface area contributed by atoms with Crippen molar-refractivity contribution in [2.24, 2.45) is 0 Å². The predicted molar refractivity (Wildman–Crippen MR) is 47.8 cm³/mol. The number of halogens is 4. The Hall–Kier alpha value is -0.610. The lowest BCUT2D eigenvalue weighted by molar-refractivity contribution is -0.136. The van der Waals surface area contributed by atoms with Crippen LogP contribution in [0.25, 0.3) is 0 Å². The van der Waals surface area contributed by atoms with E-state index in [9.17, 15) is 13.6 Å². The van der Waals surface area contributed by atoms with Crippen molar-refractivity contribution in [3.8, 4) is 0 Å². The van der Waals surface area contributed by atoms with Crippen LogP contribution in [0.5, 0.6) is 0 Å². The number of methoxy groups -OCH3 is 1. The Bertz CT molecular complexity index is 209. The monoisotopic (exact) mass is 232 g/mol. The summed E-state index contributed by atoms with van der Waals surface area (Å²) < 4.78 is 24.9. The smallest absolute Gasteiger partial charge is 0.332 e. The van der Waals surface area contributed by atoms with Gasteiger partial charge in [-0.25, -0.2) is 4.79 Å². The van der Waals surface area contributed by atoms with Gasteiger partial charge in [-0.1, -0.05) is 29.8 Å². The maximum absolute atomic E-state index is 10.8. The van der Waals surface area contributed by atoms with Crippen molar-refractivity contribution in [1.82, 2.24) is 0 Å². The lowest BCUT2D eigenvalue weighted by Gasteiger charge is -1.91. The van der Waals surface area contributed by atoms with Crippen LogP contribution in [0.2, 0.25) is 0 Å². The molecule has 0 aliphatic carbocycles. The van der Waals surface area contributed by atoms with Crippen molar-refractivity contribution < 1.29 is 18.3 Å². The Morgan fingerprint density at radius 1 is 1.38 bits per heavy atom. The van der Waals surface area contributed by atoms with E-state index in [1.54, 1.807) is 6.92 Å². The third kappa shape index (κ3) is 11.4. The molecule has 0 atom stereocenters. The summed E-state index contributed by atoms with van der Waals surface area (Å²) in [4.78, 5) is 10.2. The van der Waals surface area contributed by atoms with Crippen molar-refractivity contribution in [2.75, 3.05) is 7.11 Å². The van der Waals surface area contributed by atoms with Gasteiger partial charge in [-0.15, -0.1) is 0 Å². The molecule has 0 rings (SSSR count). The summed E-state index contributed by atoms with van der Waals surface area (Å²) in [5.74, 6) is -0.347. The van der Waals surface area contributed by atoms with Gasteiger partial charge in [-0.2, -0.15) is 8.78 Å². The van der Waals surface area contributed by atoms with Gasteiger partial charge in [0.1, 0.15) is 0 Å². The van der Waals surface area contributed by atoms with Crippen molar-refractivity contribution in [3.63, 3.8) is 0 Å². The molecule has 0 radical (unpaired) electrons. The fraction of sp³-hybridized carbons (Fsp3) is 0.286. The minimum atomic E-state index is -2.04. The molecule has 0 heterocycles. The standard InChI is InChI=1S/C5H8O2.C2Cl2F2/c1-4(2)5(6)7-3;3-1(4)2(5)6/h1H2,2-3H3;. The summed E-state index contributed by atoms with van der Waals surface area (Å²) >= 11 is 9.02. The maximum Gasteiger partial charge on any atom is 0.332 e. The van der Waals surface area contributed by atoms with E-state index in [4.69, 9.17) is 0 Å². The molecule has 0 aliphatic rings. The molecule has 0 fully saturated rings. The van der Waals surface area contributed by atoms with Gasteiger partial charge in [0.15, 0.2) is 4.49 Å². The molecule has 0 N–H and O–H groups in total. The van der Waals surface area contributed by atoms with E-state index in [1.165, 1.54) is 7.11 Å². The van der Waals surface area contributed by atoms with Gasteiger partial charge < -0.3 is 4.74 Å². The first-order chi connectivity index (χ1) is 5.82. The quantitative estimate of drug-likeness (QED) is 0.513. The lowest BCUT2D eigenvalue weighted by Crippen LogP contribution is -1.98. The number of hydrogen-bond acceptors (Lipinski definition) is 2. The van der Waals surface area contributed by atoms with E-state index in [-0.39, 0.29) is 5.97 Å². The summed E-state index contributed by atoms with van der Waals surface area (Å²) in [5, 5.41) is 0. The molecule has 0 saturated carbocycles. The molecule has 0 spiro atoms. The summed E-state index contributed by atoms with van der Waals surface area (Å²) in [6.45, 7) is 4.95. The second kappa shape index (κ2) is 8.01. The molecular formula is C7H8Cl2F2O2. The second-order valence-corrected chi connectivity index (χ2v) is 2.74. The molecule has 2 nitrogen and oxygen atoms in total. The average Bonchev–Trinajstić information content (AvgIpc) is 2.03. The van der Waals surface area contributed by atoms with Gasteiger partial charge in [0.2, 0.25) is 0 Å². The highest BCUT2D eigenvalue weighted by Gasteiger charge is 1.95. The van der Waals surface area contributed by atoms with Crippen molar-refractivity contribution in [1.29, 1.82) is 0 Å². The summed E-state index contributed by atoms with van der Waals surface area (Å²) in [5.41, 5.74) is 0.433. The van der Waals surface area contributed by atoms with Gasteiger partial charge >= 0.3 is 5.97 Å². The van der Waals surface area contributed by atoms with E-state index in [2.05, 4.69) is 34.5 Å². The van der Waals surface area contributed by atoms with Crippen molar-refractivity contribution >= 4 is 29.2 Å². The van der Waals surface area contributed by atoms with Crippen LogP contribution in [0.1, 0.15) is 6.92 Å².